The summed E-state index contributed by atoms with van der Waals surface area (Å²) in [5.41, 5.74) is 0.981. The zero-order valence-corrected chi connectivity index (χ0v) is 24.8. The number of aliphatic hydroxyl groups is 1. The van der Waals surface area contributed by atoms with Gasteiger partial charge in [-0.3, -0.25) is 9.52 Å². The van der Waals surface area contributed by atoms with Crippen molar-refractivity contribution in [2.24, 2.45) is 5.92 Å². The van der Waals surface area contributed by atoms with Crippen LogP contribution in [0.15, 0.2) is 71.6 Å². The predicted octanol–water partition coefficient (Wildman–Crippen LogP) is 4.08. The minimum absolute atomic E-state index is 0.113. The summed E-state index contributed by atoms with van der Waals surface area (Å²) in [4.78, 5) is 29.2. The number of fused-ring (bicyclic) bond motifs is 1. The van der Waals surface area contributed by atoms with Crippen LogP contribution in [0, 0.1) is 17.6 Å². The summed E-state index contributed by atoms with van der Waals surface area (Å²) < 4.78 is 61.2. The normalized spacial score (nSPS) is 17.9. The Labute approximate surface area is 249 Å². The SMILES string of the molecule is C[C@@H]1CN([C@H](C)CO)C(=O)Cc2cc(NS(=O)(=O)c3ccc(F)cc3)ccc2O[C@H]1CN(C)C(=O)Nc1ccc(F)cc1. The maximum Gasteiger partial charge on any atom is 0.321 e. The third kappa shape index (κ3) is 7.99. The van der Waals surface area contributed by atoms with Crippen LogP contribution in [0.25, 0.3) is 0 Å². The number of halogens is 2. The first-order valence-corrected chi connectivity index (χ1v) is 15.1. The van der Waals surface area contributed by atoms with Gasteiger partial charge < -0.3 is 25.0 Å². The van der Waals surface area contributed by atoms with Crippen molar-refractivity contribution in [3.63, 3.8) is 0 Å². The minimum Gasteiger partial charge on any atom is -0.488 e. The topological polar surface area (TPSA) is 128 Å². The number of aliphatic hydroxyl groups excluding tert-OH is 1. The number of carbonyl (C=O) groups excluding carboxylic acids is 2. The molecule has 3 amide bonds. The molecule has 0 bridgehead atoms. The number of urea groups is 1. The molecule has 0 saturated carbocycles. The van der Waals surface area contributed by atoms with Gasteiger partial charge in [-0.25, -0.2) is 22.0 Å². The lowest BCUT2D eigenvalue weighted by Gasteiger charge is -2.34. The highest BCUT2D eigenvalue weighted by Gasteiger charge is 2.32. The lowest BCUT2D eigenvalue weighted by molar-refractivity contribution is -0.134. The van der Waals surface area contributed by atoms with Crippen LogP contribution in [0.2, 0.25) is 0 Å². The molecule has 4 rings (SSSR count). The molecule has 43 heavy (non-hydrogen) atoms. The smallest absolute Gasteiger partial charge is 0.321 e. The van der Waals surface area contributed by atoms with Gasteiger partial charge in [-0.2, -0.15) is 0 Å². The first-order chi connectivity index (χ1) is 20.4. The van der Waals surface area contributed by atoms with Crippen molar-refractivity contribution in [3.8, 4) is 5.75 Å². The van der Waals surface area contributed by atoms with E-state index in [4.69, 9.17) is 4.74 Å². The highest BCUT2D eigenvalue weighted by molar-refractivity contribution is 7.92. The highest BCUT2D eigenvalue weighted by atomic mass is 32.2. The van der Waals surface area contributed by atoms with Crippen LogP contribution in [0.3, 0.4) is 0 Å². The maximum atomic E-state index is 13.4. The van der Waals surface area contributed by atoms with Gasteiger partial charge in [-0.05, 0) is 73.7 Å². The second-order valence-electron chi connectivity index (χ2n) is 10.6. The number of hydrogen-bond acceptors (Lipinski definition) is 6. The summed E-state index contributed by atoms with van der Waals surface area (Å²) in [6.07, 6.45) is -0.740. The van der Waals surface area contributed by atoms with Gasteiger partial charge in [-0.1, -0.05) is 6.92 Å². The van der Waals surface area contributed by atoms with Gasteiger partial charge in [0.25, 0.3) is 10.0 Å². The van der Waals surface area contributed by atoms with Crippen molar-refractivity contribution in [1.29, 1.82) is 0 Å². The molecule has 3 aromatic rings. The highest BCUT2D eigenvalue weighted by Crippen LogP contribution is 2.30. The fourth-order valence-electron chi connectivity index (χ4n) is 4.64. The molecule has 0 aromatic heterocycles. The Hall–Kier alpha value is -4.23. The number of carbonyl (C=O) groups is 2. The molecule has 1 aliphatic rings. The number of anilines is 2. The van der Waals surface area contributed by atoms with Crippen LogP contribution in [0.4, 0.5) is 25.0 Å². The van der Waals surface area contributed by atoms with Crippen molar-refractivity contribution in [3.05, 3.63) is 83.9 Å². The summed E-state index contributed by atoms with van der Waals surface area (Å²) in [6, 6.07) is 13.3. The van der Waals surface area contributed by atoms with Crippen LogP contribution in [-0.2, 0) is 21.2 Å². The van der Waals surface area contributed by atoms with Crippen LogP contribution in [-0.4, -0.2) is 74.2 Å². The van der Waals surface area contributed by atoms with Gasteiger partial charge in [0, 0.05) is 36.4 Å². The van der Waals surface area contributed by atoms with Gasteiger partial charge >= 0.3 is 6.03 Å². The van der Waals surface area contributed by atoms with E-state index in [-0.39, 0.29) is 48.5 Å². The summed E-state index contributed by atoms with van der Waals surface area (Å²) in [7, 11) is -2.47. The predicted molar refractivity (Wildman–Crippen MR) is 157 cm³/mol. The average Bonchev–Trinajstić information content (AvgIpc) is 3.01. The van der Waals surface area contributed by atoms with Crippen molar-refractivity contribution >= 4 is 33.3 Å². The van der Waals surface area contributed by atoms with Gasteiger partial charge in [0.15, 0.2) is 0 Å². The fourth-order valence-corrected chi connectivity index (χ4v) is 5.69. The van der Waals surface area contributed by atoms with Crippen LogP contribution in [0.1, 0.15) is 19.4 Å². The van der Waals surface area contributed by atoms with Crippen molar-refractivity contribution in [1.82, 2.24) is 9.80 Å². The standard InChI is InChI=1S/C30H34F2N4O6S/c1-19-16-36(20(2)18-37)29(38)15-21-14-25(34-43(40,41)26-11-6-23(32)7-12-26)10-13-27(21)42-28(19)17-35(3)30(39)33-24-8-4-22(31)5-9-24/h4-14,19-20,28,34,37H,15-18H2,1-3H3,(H,33,39)/t19-,20-,28+/m1/s1. The number of ether oxygens (including phenoxy) is 1. The van der Waals surface area contributed by atoms with Gasteiger partial charge in [0.2, 0.25) is 5.91 Å². The fraction of sp³-hybridized carbons (Fsp3) is 0.333. The third-order valence-corrected chi connectivity index (χ3v) is 8.59. The van der Waals surface area contributed by atoms with E-state index in [2.05, 4.69) is 10.0 Å². The van der Waals surface area contributed by atoms with Crippen LogP contribution >= 0.6 is 0 Å². The number of likely N-dealkylation sites (N-methyl/N-ethyl adjacent to an activating group) is 1. The molecule has 0 saturated heterocycles. The van der Waals surface area contributed by atoms with E-state index in [1.165, 1.54) is 41.3 Å². The Morgan fingerprint density at radius 3 is 2.30 bits per heavy atom. The van der Waals surface area contributed by atoms with E-state index in [1.54, 1.807) is 24.9 Å². The Kier molecular flexibility index (Phi) is 9.87. The zero-order chi connectivity index (χ0) is 31.3. The van der Waals surface area contributed by atoms with Crippen molar-refractivity contribution < 1.29 is 36.6 Å². The van der Waals surface area contributed by atoms with Gasteiger partial charge in [0.05, 0.1) is 30.5 Å². The second kappa shape index (κ2) is 13.4. The van der Waals surface area contributed by atoms with E-state index in [0.29, 0.717) is 17.0 Å². The van der Waals surface area contributed by atoms with E-state index in [0.717, 1.165) is 24.3 Å². The lowest BCUT2D eigenvalue weighted by atomic mass is 10.0. The number of benzene rings is 3. The Balaban J connectivity index is 1.61. The Morgan fingerprint density at radius 1 is 1.07 bits per heavy atom. The van der Waals surface area contributed by atoms with Crippen molar-refractivity contribution in [2.75, 3.05) is 36.8 Å². The summed E-state index contributed by atoms with van der Waals surface area (Å²) >= 11 is 0. The largest absolute Gasteiger partial charge is 0.488 e. The summed E-state index contributed by atoms with van der Waals surface area (Å²) in [5, 5.41) is 12.6. The molecule has 1 heterocycles. The van der Waals surface area contributed by atoms with Gasteiger partial charge in [-0.15, -0.1) is 0 Å². The van der Waals surface area contributed by atoms with Crippen LogP contribution in [0.5, 0.6) is 5.75 Å². The number of hydrogen-bond donors (Lipinski definition) is 3. The first kappa shape index (κ1) is 31.7. The lowest BCUT2D eigenvalue weighted by Crippen LogP contribution is -2.48. The third-order valence-electron chi connectivity index (χ3n) is 7.19. The second-order valence-corrected chi connectivity index (χ2v) is 12.3. The number of rotatable bonds is 8. The van der Waals surface area contributed by atoms with Gasteiger partial charge in [0.1, 0.15) is 23.5 Å². The minimum atomic E-state index is -4.05. The first-order valence-electron chi connectivity index (χ1n) is 13.6. The summed E-state index contributed by atoms with van der Waals surface area (Å²) in [6.45, 7) is 3.67. The Bertz CT molecular complexity index is 1550. The molecule has 3 N–H and O–H groups in total. The maximum absolute atomic E-state index is 13.4. The number of amides is 3. The number of nitrogens with one attached hydrogen (secondary N) is 2. The molecular formula is C30H34F2N4O6S. The molecular weight excluding hydrogens is 582 g/mol. The molecule has 0 aliphatic carbocycles. The van der Waals surface area contributed by atoms with E-state index >= 15 is 0 Å². The molecule has 10 nitrogen and oxygen atoms in total. The molecule has 3 aromatic carbocycles. The monoisotopic (exact) mass is 616 g/mol. The molecule has 1 aliphatic heterocycles. The quantitative estimate of drug-likeness (QED) is 0.350. The Morgan fingerprint density at radius 2 is 1.67 bits per heavy atom. The molecule has 0 fully saturated rings. The molecule has 230 valence electrons. The molecule has 0 spiro atoms. The van der Waals surface area contributed by atoms with Crippen molar-refractivity contribution in [2.45, 2.75) is 37.3 Å². The number of sulfonamides is 1. The molecule has 3 atom stereocenters. The summed E-state index contributed by atoms with van der Waals surface area (Å²) in [5.74, 6) is -1.25. The zero-order valence-electron chi connectivity index (χ0n) is 24.0. The van der Waals surface area contributed by atoms with E-state index < -0.39 is 39.8 Å². The van der Waals surface area contributed by atoms with Crippen LogP contribution < -0.4 is 14.8 Å². The number of nitrogens with zero attached hydrogens (tertiary/aromatic N) is 2. The molecule has 13 heteroatoms. The molecule has 0 unspecified atom stereocenters. The average molecular weight is 617 g/mol. The van der Waals surface area contributed by atoms with E-state index in [9.17, 15) is 31.9 Å². The molecule has 0 radical (unpaired) electrons. The van der Waals surface area contributed by atoms with E-state index in [1.807, 2.05) is 6.92 Å².